The van der Waals surface area contributed by atoms with Crippen LogP contribution in [0.3, 0.4) is 0 Å². The molecule has 0 radical (unpaired) electrons. The topological polar surface area (TPSA) is 109 Å². The highest BCUT2D eigenvalue weighted by molar-refractivity contribution is 6.05. The maximum Gasteiger partial charge on any atom is 0.338 e. The summed E-state index contributed by atoms with van der Waals surface area (Å²) >= 11 is 0. The predicted octanol–water partition coefficient (Wildman–Crippen LogP) is 0.502. The Kier molecular flexibility index (Phi) is 4.79. The van der Waals surface area contributed by atoms with Crippen molar-refractivity contribution in [3.8, 4) is 0 Å². The lowest BCUT2D eigenvalue weighted by atomic mass is 10.1. The molecule has 0 aromatic carbocycles. The molecule has 98 valence electrons. The van der Waals surface area contributed by atoms with Crippen LogP contribution in [0.2, 0.25) is 0 Å². The van der Waals surface area contributed by atoms with Crippen LogP contribution in [-0.2, 0) is 0 Å². The third-order valence-electron chi connectivity index (χ3n) is 2.54. The van der Waals surface area contributed by atoms with E-state index in [-0.39, 0.29) is 35.7 Å². The minimum Gasteiger partial charge on any atom is -0.478 e. The summed E-state index contributed by atoms with van der Waals surface area (Å²) in [6.07, 6.45) is 1.45. The Labute approximate surface area is 105 Å². The highest BCUT2D eigenvalue weighted by Crippen LogP contribution is 2.09. The van der Waals surface area contributed by atoms with Gasteiger partial charge in [0.15, 0.2) is 0 Å². The standard InChI is InChI=1S/C12H17N3O3/c1-7(2)9(6-16)15-11(13)10-8(12(17)18)4-3-5-14-10/h3-5,7,9,16H,6H2,1-2H3,(H2,13,15)(H,17,18). The van der Waals surface area contributed by atoms with Gasteiger partial charge in [-0.05, 0) is 18.1 Å². The lowest BCUT2D eigenvalue weighted by Gasteiger charge is -2.14. The van der Waals surface area contributed by atoms with E-state index in [1.54, 1.807) is 0 Å². The van der Waals surface area contributed by atoms with Crippen LogP contribution in [0.4, 0.5) is 0 Å². The Morgan fingerprint density at radius 3 is 2.72 bits per heavy atom. The van der Waals surface area contributed by atoms with E-state index in [9.17, 15) is 9.90 Å². The van der Waals surface area contributed by atoms with Crippen molar-refractivity contribution in [1.82, 2.24) is 4.98 Å². The maximum absolute atomic E-state index is 11.0. The number of aliphatic imine (C=N–C) groups is 1. The van der Waals surface area contributed by atoms with Crippen LogP contribution in [0.25, 0.3) is 0 Å². The number of carboxylic acid groups (broad SMARTS) is 1. The predicted molar refractivity (Wildman–Crippen MR) is 67.6 cm³/mol. The zero-order valence-electron chi connectivity index (χ0n) is 10.4. The van der Waals surface area contributed by atoms with Gasteiger partial charge >= 0.3 is 5.97 Å². The lowest BCUT2D eigenvalue weighted by molar-refractivity contribution is 0.0696. The molecule has 0 amide bonds. The SMILES string of the molecule is CC(C)C(CO)N=C(N)c1ncccc1C(=O)O. The highest BCUT2D eigenvalue weighted by atomic mass is 16.4. The fraction of sp³-hybridized carbons (Fsp3) is 0.417. The van der Waals surface area contributed by atoms with E-state index in [1.165, 1.54) is 18.3 Å². The molecule has 0 aliphatic carbocycles. The Balaban J connectivity index is 3.14. The summed E-state index contributed by atoms with van der Waals surface area (Å²) in [7, 11) is 0. The van der Waals surface area contributed by atoms with E-state index >= 15 is 0 Å². The second-order valence-corrected chi connectivity index (χ2v) is 4.21. The van der Waals surface area contributed by atoms with Crippen LogP contribution < -0.4 is 5.73 Å². The molecule has 1 heterocycles. The molecule has 0 aliphatic heterocycles. The Bertz CT molecular complexity index is 458. The van der Waals surface area contributed by atoms with E-state index in [2.05, 4.69) is 9.98 Å². The van der Waals surface area contributed by atoms with E-state index in [4.69, 9.17) is 10.8 Å². The monoisotopic (exact) mass is 251 g/mol. The molecule has 1 aromatic rings. The van der Waals surface area contributed by atoms with Crippen molar-refractivity contribution < 1.29 is 15.0 Å². The minimum absolute atomic E-state index is 0.000745. The number of aromatic nitrogens is 1. The summed E-state index contributed by atoms with van der Waals surface area (Å²) in [6, 6.07) is 2.57. The highest BCUT2D eigenvalue weighted by Gasteiger charge is 2.16. The van der Waals surface area contributed by atoms with Crippen LogP contribution >= 0.6 is 0 Å². The van der Waals surface area contributed by atoms with Gasteiger partial charge in [-0.15, -0.1) is 0 Å². The van der Waals surface area contributed by atoms with Gasteiger partial charge in [-0.1, -0.05) is 13.8 Å². The number of amidine groups is 1. The maximum atomic E-state index is 11.0. The number of nitrogens with two attached hydrogens (primary N) is 1. The van der Waals surface area contributed by atoms with Gasteiger partial charge in [-0.2, -0.15) is 0 Å². The summed E-state index contributed by atoms with van der Waals surface area (Å²) in [5, 5.41) is 18.2. The Hall–Kier alpha value is -1.95. The summed E-state index contributed by atoms with van der Waals surface area (Å²) in [5.74, 6) is -0.979. The lowest BCUT2D eigenvalue weighted by Crippen LogP contribution is -2.26. The number of pyridine rings is 1. The Morgan fingerprint density at radius 1 is 1.56 bits per heavy atom. The van der Waals surface area contributed by atoms with Crippen LogP contribution in [0.5, 0.6) is 0 Å². The number of nitrogens with zero attached hydrogens (tertiary/aromatic N) is 2. The average molecular weight is 251 g/mol. The first-order valence-corrected chi connectivity index (χ1v) is 5.60. The molecule has 4 N–H and O–H groups in total. The van der Waals surface area contributed by atoms with Crippen LogP contribution in [0.1, 0.15) is 29.9 Å². The van der Waals surface area contributed by atoms with Gasteiger partial charge in [0.05, 0.1) is 18.2 Å². The van der Waals surface area contributed by atoms with E-state index in [0.717, 1.165) is 0 Å². The molecule has 1 aromatic heterocycles. The molecule has 18 heavy (non-hydrogen) atoms. The van der Waals surface area contributed by atoms with Gasteiger partial charge in [0, 0.05) is 6.20 Å². The van der Waals surface area contributed by atoms with E-state index in [0.29, 0.717) is 0 Å². The van der Waals surface area contributed by atoms with Gasteiger partial charge in [0.2, 0.25) is 0 Å². The fourth-order valence-electron chi connectivity index (χ4n) is 1.42. The fourth-order valence-corrected chi connectivity index (χ4v) is 1.42. The van der Waals surface area contributed by atoms with E-state index in [1.807, 2.05) is 13.8 Å². The number of aliphatic hydroxyl groups is 1. The van der Waals surface area contributed by atoms with Gasteiger partial charge in [-0.25, -0.2) is 4.79 Å². The molecule has 0 aliphatic rings. The van der Waals surface area contributed by atoms with Crippen LogP contribution in [0.15, 0.2) is 23.3 Å². The summed E-state index contributed by atoms with van der Waals surface area (Å²) < 4.78 is 0. The van der Waals surface area contributed by atoms with Crippen molar-refractivity contribution in [2.24, 2.45) is 16.6 Å². The first-order valence-electron chi connectivity index (χ1n) is 5.60. The first-order chi connectivity index (χ1) is 8.47. The zero-order valence-corrected chi connectivity index (χ0v) is 10.4. The number of hydrogen-bond acceptors (Lipinski definition) is 4. The van der Waals surface area contributed by atoms with Gasteiger partial charge in [-0.3, -0.25) is 9.98 Å². The number of aromatic carboxylic acids is 1. The van der Waals surface area contributed by atoms with Gasteiger partial charge in [0.1, 0.15) is 11.5 Å². The second kappa shape index (κ2) is 6.11. The molecule has 0 saturated heterocycles. The smallest absolute Gasteiger partial charge is 0.338 e. The molecular weight excluding hydrogens is 234 g/mol. The zero-order chi connectivity index (χ0) is 13.7. The molecule has 1 rings (SSSR count). The first kappa shape index (κ1) is 14.1. The quantitative estimate of drug-likeness (QED) is 0.521. The van der Waals surface area contributed by atoms with Crippen molar-refractivity contribution in [1.29, 1.82) is 0 Å². The summed E-state index contributed by atoms with van der Waals surface area (Å²) in [6.45, 7) is 3.65. The molecule has 0 bridgehead atoms. The minimum atomic E-state index is -1.11. The van der Waals surface area contributed by atoms with Crippen molar-refractivity contribution in [3.63, 3.8) is 0 Å². The van der Waals surface area contributed by atoms with Gasteiger partial charge in [0.25, 0.3) is 0 Å². The number of rotatable bonds is 5. The third-order valence-corrected chi connectivity index (χ3v) is 2.54. The molecule has 6 heteroatoms. The average Bonchev–Trinajstić information content (AvgIpc) is 2.35. The molecule has 6 nitrogen and oxygen atoms in total. The van der Waals surface area contributed by atoms with Crippen LogP contribution in [0, 0.1) is 5.92 Å². The molecule has 1 unspecified atom stereocenters. The number of carbonyl (C=O) groups is 1. The Morgan fingerprint density at radius 2 is 2.22 bits per heavy atom. The summed E-state index contributed by atoms with van der Waals surface area (Å²) in [5.41, 5.74) is 5.89. The number of carboxylic acids is 1. The summed E-state index contributed by atoms with van der Waals surface area (Å²) in [4.78, 5) is 19.1. The van der Waals surface area contributed by atoms with Crippen molar-refractivity contribution in [2.75, 3.05) is 6.61 Å². The van der Waals surface area contributed by atoms with Crippen molar-refractivity contribution >= 4 is 11.8 Å². The third kappa shape index (κ3) is 3.27. The second-order valence-electron chi connectivity index (χ2n) is 4.21. The number of aliphatic hydroxyl groups excluding tert-OH is 1. The number of hydrogen-bond donors (Lipinski definition) is 3. The molecule has 0 spiro atoms. The molecule has 1 atom stereocenters. The molecular formula is C12H17N3O3. The molecule has 0 fully saturated rings. The molecule has 0 saturated carbocycles. The van der Waals surface area contributed by atoms with Crippen molar-refractivity contribution in [2.45, 2.75) is 19.9 Å². The normalized spacial score (nSPS) is 13.7. The van der Waals surface area contributed by atoms with Gasteiger partial charge < -0.3 is 15.9 Å². The van der Waals surface area contributed by atoms with Crippen LogP contribution in [-0.4, -0.2) is 39.7 Å². The largest absolute Gasteiger partial charge is 0.478 e. The van der Waals surface area contributed by atoms with Crippen molar-refractivity contribution in [3.05, 3.63) is 29.6 Å². The van der Waals surface area contributed by atoms with E-state index < -0.39 is 5.97 Å².